The van der Waals surface area contributed by atoms with Crippen molar-refractivity contribution in [2.45, 2.75) is 40.5 Å². The molecule has 134 valence electrons. The maximum Gasteiger partial charge on any atom is 0.310 e. The van der Waals surface area contributed by atoms with E-state index >= 15 is 0 Å². The number of likely N-dealkylation sites (N-methyl/N-ethyl adjacent to an activating group) is 1. The van der Waals surface area contributed by atoms with Gasteiger partial charge in [-0.05, 0) is 37.0 Å². The van der Waals surface area contributed by atoms with Gasteiger partial charge < -0.3 is 14.4 Å². The summed E-state index contributed by atoms with van der Waals surface area (Å²) < 4.78 is 10.5. The molecule has 1 rings (SSSR count). The van der Waals surface area contributed by atoms with E-state index in [1.54, 1.807) is 11.8 Å². The van der Waals surface area contributed by atoms with Crippen LogP contribution in [0.5, 0.6) is 5.75 Å². The molecule has 1 aromatic carbocycles. The minimum absolute atomic E-state index is 0.0368. The number of amides is 1. The molecule has 1 amide bonds. The standard InChI is InChI=1S/C19H29NO4/c1-7-20(11-15(5)19(22)23-6)18(21)12-24-17-10-14(4)8-9-16(17)13(2)3/h8-10,13,15H,7,11-12H2,1-6H3. The zero-order valence-electron chi connectivity index (χ0n) is 15.6. The van der Waals surface area contributed by atoms with Gasteiger partial charge >= 0.3 is 5.97 Å². The number of methoxy groups -OCH3 is 1. The Morgan fingerprint density at radius 3 is 2.42 bits per heavy atom. The van der Waals surface area contributed by atoms with Crippen molar-refractivity contribution in [1.82, 2.24) is 4.90 Å². The van der Waals surface area contributed by atoms with E-state index in [0.717, 1.165) is 16.9 Å². The molecule has 0 aliphatic rings. The Morgan fingerprint density at radius 1 is 1.21 bits per heavy atom. The highest BCUT2D eigenvalue weighted by Gasteiger charge is 2.21. The largest absolute Gasteiger partial charge is 0.483 e. The summed E-state index contributed by atoms with van der Waals surface area (Å²) in [5.41, 5.74) is 2.17. The third kappa shape index (κ3) is 5.55. The molecule has 1 unspecified atom stereocenters. The molecule has 0 saturated carbocycles. The van der Waals surface area contributed by atoms with E-state index in [4.69, 9.17) is 9.47 Å². The lowest BCUT2D eigenvalue weighted by atomic mass is 10.0. The van der Waals surface area contributed by atoms with Crippen molar-refractivity contribution in [2.75, 3.05) is 26.8 Å². The molecule has 0 bridgehead atoms. The summed E-state index contributed by atoms with van der Waals surface area (Å²) in [6, 6.07) is 6.03. The number of carbonyl (C=O) groups excluding carboxylic acids is 2. The zero-order valence-corrected chi connectivity index (χ0v) is 15.6. The van der Waals surface area contributed by atoms with Gasteiger partial charge in [0.05, 0.1) is 13.0 Å². The van der Waals surface area contributed by atoms with Crippen LogP contribution in [0.15, 0.2) is 18.2 Å². The monoisotopic (exact) mass is 335 g/mol. The average molecular weight is 335 g/mol. The molecule has 0 aromatic heterocycles. The Balaban J connectivity index is 2.73. The molecule has 5 heteroatoms. The smallest absolute Gasteiger partial charge is 0.310 e. The van der Waals surface area contributed by atoms with Crippen LogP contribution in [0.3, 0.4) is 0 Å². The lowest BCUT2D eigenvalue weighted by Gasteiger charge is -2.24. The minimum atomic E-state index is -0.357. The maximum absolute atomic E-state index is 12.4. The van der Waals surface area contributed by atoms with E-state index in [0.29, 0.717) is 19.0 Å². The number of benzene rings is 1. The van der Waals surface area contributed by atoms with Gasteiger partial charge in [0.25, 0.3) is 5.91 Å². The first-order valence-corrected chi connectivity index (χ1v) is 8.39. The van der Waals surface area contributed by atoms with Gasteiger partial charge in [0.2, 0.25) is 0 Å². The van der Waals surface area contributed by atoms with Crippen LogP contribution in [-0.4, -0.2) is 43.6 Å². The van der Waals surface area contributed by atoms with Gasteiger partial charge in [0.15, 0.2) is 6.61 Å². The van der Waals surface area contributed by atoms with Crippen LogP contribution in [0.25, 0.3) is 0 Å². The zero-order chi connectivity index (χ0) is 18.3. The second kappa shape index (κ2) is 9.30. The van der Waals surface area contributed by atoms with Gasteiger partial charge in [-0.1, -0.05) is 32.9 Å². The van der Waals surface area contributed by atoms with Crippen molar-refractivity contribution in [2.24, 2.45) is 5.92 Å². The molecule has 0 heterocycles. The lowest BCUT2D eigenvalue weighted by Crippen LogP contribution is -2.39. The van der Waals surface area contributed by atoms with Crippen molar-refractivity contribution in [3.05, 3.63) is 29.3 Å². The number of hydrogen-bond donors (Lipinski definition) is 0. The highest BCUT2D eigenvalue weighted by molar-refractivity contribution is 5.79. The first kappa shape index (κ1) is 20.0. The van der Waals surface area contributed by atoms with E-state index < -0.39 is 0 Å². The van der Waals surface area contributed by atoms with Crippen molar-refractivity contribution in [3.63, 3.8) is 0 Å². The van der Waals surface area contributed by atoms with Crippen molar-refractivity contribution in [1.29, 1.82) is 0 Å². The summed E-state index contributed by atoms with van der Waals surface area (Å²) in [4.78, 5) is 25.6. The predicted octanol–water partition coefficient (Wildman–Crippen LogP) is 3.15. The van der Waals surface area contributed by atoms with Crippen LogP contribution in [-0.2, 0) is 14.3 Å². The number of nitrogens with zero attached hydrogens (tertiary/aromatic N) is 1. The van der Waals surface area contributed by atoms with Gasteiger partial charge in [0.1, 0.15) is 5.75 Å². The van der Waals surface area contributed by atoms with E-state index in [1.165, 1.54) is 7.11 Å². The number of esters is 1. The second-order valence-electron chi connectivity index (χ2n) is 6.34. The van der Waals surface area contributed by atoms with Crippen molar-refractivity contribution >= 4 is 11.9 Å². The number of aryl methyl sites for hydroxylation is 1. The molecule has 0 saturated heterocycles. The summed E-state index contributed by atoms with van der Waals surface area (Å²) in [6.07, 6.45) is 0. The summed E-state index contributed by atoms with van der Waals surface area (Å²) in [5, 5.41) is 0. The number of carbonyl (C=O) groups is 2. The van der Waals surface area contributed by atoms with Crippen LogP contribution in [0.4, 0.5) is 0 Å². The third-order valence-electron chi connectivity index (χ3n) is 3.97. The first-order valence-electron chi connectivity index (χ1n) is 8.39. The Morgan fingerprint density at radius 2 is 1.88 bits per heavy atom. The van der Waals surface area contributed by atoms with E-state index in [9.17, 15) is 9.59 Å². The Hall–Kier alpha value is -2.04. The van der Waals surface area contributed by atoms with Gasteiger partial charge in [-0.15, -0.1) is 0 Å². The Kier molecular flexibility index (Phi) is 7.75. The van der Waals surface area contributed by atoms with Crippen LogP contribution >= 0.6 is 0 Å². The Labute approximate surface area is 144 Å². The van der Waals surface area contributed by atoms with E-state index in [-0.39, 0.29) is 24.4 Å². The molecule has 0 radical (unpaired) electrons. The highest BCUT2D eigenvalue weighted by atomic mass is 16.5. The van der Waals surface area contributed by atoms with Crippen LogP contribution < -0.4 is 4.74 Å². The van der Waals surface area contributed by atoms with Gasteiger partial charge in [-0.3, -0.25) is 9.59 Å². The molecule has 5 nitrogen and oxygen atoms in total. The summed E-state index contributed by atoms with van der Waals surface area (Å²) in [5.74, 6) is 0.254. The van der Waals surface area contributed by atoms with E-state index in [2.05, 4.69) is 13.8 Å². The Bertz CT molecular complexity index is 568. The quantitative estimate of drug-likeness (QED) is 0.685. The molecule has 24 heavy (non-hydrogen) atoms. The van der Waals surface area contributed by atoms with Crippen molar-refractivity contribution in [3.8, 4) is 5.75 Å². The lowest BCUT2D eigenvalue weighted by molar-refractivity contribution is -0.146. The number of hydrogen-bond acceptors (Lipinski definition) is 4. The van der Waals surface area contributed by atoms with Gasteiger partial charge in [-0.25, -0.2) is 0 Å². The van der Waals surface area contributed by atoms with Gasteiger partial charge in [-0.2, -0.15) is 0 Å². The molecular formula is C19H29NO4. The van der Waals surface area contributed by atoms with Crippen LogP contribution in [0.2, 0.25) is 0 Å². The number of rotatable bonds is 8. The molecule has 0 fully saturated rings. The normalized spacial score (nSPS) is 12.0. The van der Waals surface area contributed by atoms with Crippen LogP contribution in [0.1, 0.15) is 44.7 Å². The molecule has 0 N–H and O–H groups in total. The number of ether oxygens (including phenoxy) is 2. The van der Waals surface area contributed by atoms with Gasteiger partial charge in [0, 0.05) is 13.1 Å². The molecule has 0 spiro atoms. The third-order valence-corrected chi connectivity index (χ3v) is 3.97. The molecular weight excluding hydrogens is 306 g/mol. The van der Waals surface area contributed by atoms with Crippen LogP contribution in [0, 0.1) is 12.8 Å². The molecule has 0 aliphatic carbocycles. The molecule has 0 aliphatic heterocycles. The highest BCUT2D eigenvalue weighted by Crippen LogP contribution is 2.27. The molecule has 1 aromatic rings. The van der Waals surface area contributed by atoms with E-state index in [1.807, 2.05) is 32.0 Å². The predicted molar refractivity (Wildman–Crippen MR) is 94.2 cm³/mol. The second-order valence-corrected chi connectivity index (χ2v) is 6.34. The summed E-state index contributed by atoms with van der Waals surface area (Å²) in [7, 11) is 1.35. The fraction of sp³-hybridized carbons (Fsp3) is 0.579. The first-order chi connectivity index (χ1) is 11.3. The fourth-order valence-electron chi connectivity index (χ4n) is 2.49. The minimum Gasteiger partial charge on any atom is -0.483 e. The van der Waals surface area contributed by atoms with Crippen molar-refractivity contribution < 1.29 is 19.1 Å². The molecule has 1 atom stereocenters. The fourth-order valence-corrected chi connectivity index (χ4v) is 2.49. The maximum atomic E-state index is 12.4. The summed E-state index contributed by atoms with van der Waals surface area (Å²) >= 11 is 0. The SMILES string of the molecule is CCN(CC(C)C(=O)OC)C(=O)COc1cc(C)ccc1C(C)C. The topological polar surface area (TPSA) is 55.8 Å². The average Bonchev–Trinajstić information content (AvgIpc) is 2.56. The summed E-state index contributed by atoms with van der Waals surface area (Å²) in [6.45, 7) is 10.6.